The lowest BCUT2D eigenvalue weighted by atomic mass is 9.81. The Morgan fingerprint density at radius 1 is 1.50 bits per heavy atom. The van der Waals surface area contributed by atoms with Crippen LogP contribution in [0.5, 0.6) is 0 Å². The highest BCUT2D eigenvalue weighted by Crippen LogP contribution is 2.35. The van der Waals surface area contributed by atoms with Crippen molar-refractivity contribution in [2.75, 3.05) is 7.11 Å². The highest BCUT2D eigenvalue weighted by Gasteiger charge is 2.26. The molecule has 0 aliphatic heterocycles. The molecule has 0 fully saturated rings. The molecule has 0 aromatic carbocycles. The molecular formula is C14H23NO2S. The summed E-state index contributed by atoms with van der Waals surface area (Å²) in [6.45, 7) is 8.30. The Labute approximate surface area is 113 Å². The van der Waals surface area contributed by atoms with Crippen molar-refractivity contribution in [3.8, 4) is 0 Å². The molecule has 18 heavy (non-hydrogen) atoms. The Balaban J connectivity index is 2.71. The van der Waals surface area contributed by atoms with Crippen molar-refractivity contribution in [2.45, 2.75) is 46.6 Å². The average molecular weight is 269 g/mol. The van der Waals surface area contributed by atoms with Crippen LogP contribution in [0.15, 0.2) is 6.07 Å². The van der Waals surface area contributed by atoms with Crippen LogP contribution >= 0.6 is 11.3 Å². The molecule has 0 aliphatic rings. The summed E-state index contributed by atoms with van der Waals surface area (Å²) in [5.41, 5.74) is 7.33. The zero-order valence-electron chi connectivity index (χ0n) is 11.9. The average Bonchev–Trinajstić information content (AvgIpc) is 2.56. The third-order valence-corrected chi connectivity index (χ3v) is 4.08. The van der Waals surface area contributed by atoms with Crippen LogP contribution in [0.2, 0.25) is 0 Å². The van der Waals surface area contributed by atoms with Gasteiger partial charge in [0.1, 0.15) is 0 Å². The van der Waals surface area contributed by atoms with Crippen molar-refractivity contribution >= 4 is 17.3 Å². The van der Waals surface area contributed by atoms with Crippen molar-refractivity contribution in [3.63, 3.8) is 0 Å². The Morgan fingerprint density at radius 2 is 2.11 bits per heavy atom. The van der Waals surface area contributed by atoms with Gasteiger partial charge >= 0.3 is 5.97 Å². The Morgan fingerprint density at radius 3 is 2.56 bits per heavy atom. The fourth-order valence-corrected chi connectivity index (χ4v) is 3.26. The fraction of sp³-hybridized carbons (Fsp3) is 0.643. The molecule has 1 atom stereocenters. The van der Waals surface area contributed by atoms with Gasteiger partial charge in [0.05, 0.1) is 13.5 Å². The van der Waals surface area contributed by atoms with Crippen LogP contribution in [0.25, 0.3) is 0 Å². The summed E-state index contributed by atoms with van der Waals surface area (Å²) in [7, 11) is 1.42. The summed E-state index contributed by atoms with van der Waals surface area (Å²) in [4.78, 5) is 13.9. The van der Waals surface area contributed by atoms with Crippen LogP contribution in [-0.2, 0) is 9.53 Å². The SMILES string of the molecule is COC(=O)CC(C)(C)CC(N)c1cc(C)sc1C. The van der Waals surface area contributed by atoms with Gasteiger partial charge in [-0.3, -0.25) is 4.79 Å². The molecular weight excluding hydrogens is 246 g/mol. The first-order valence-corrected chi connectivity index (χ1v) is 6.96. The van der Waals surface area contributed by atoms with E-state index in [1.165, 1.54) is 22.4 Å². The minimum Gasteiger partial charge on any atom is -0.469 e. The fourth-order valence-electron chi connectivity index (χ4n) is 2.26. The van der Waals surface area contributed by atoms with E-state index in [4.69, 9.17) is 10.5 Å². The van der Waals surface area contributed by atoms with E-state index in [-0.39, 0.29) is 17.4 Å². The van der Waals surface area contributed by atoms with Gasteiger partial charge in [-0.05, 0) is 37.3 Å². The number of rotatable bonds is 5. The smallest absolute Gasteiger partial charge is 0.306 e. The number of nitrogens with two attached hydrogens (primary N) is 1. The molecule has 1 rings (SSSR count). The third-order valence-electron chi connectivity index (χ3n) is 3.10. The minimum absolute atomic E-state index is 0.0189. The Hall–Kier alpha value is -0.870. The maximum Gasteiger partial charge on any atom is 0.306 e. The lowest BCUT2D eigenvalue weighted by Gasteiger charge is -2.27. The largest absolute Gasteiger partial charge is 0.469 e. The number of ether oxygens (including phenoxy) is 1. The number of aryl methyl sites for hydroxylation is 2. The first-order valence-electron chi connectivity index (χ1n) is 6.14. The second kappa shape index (κ2) is 5.85. The zero-order chi connectivity index (χ0) is 13.9. The molecule has 1 aromatic heterocycles. The van der Waals surface area contributed by atoms with E-state index in [0.29, 0.717) is 6.42 Å². The maximum atomic E-state index is 11.4. The molecule has 4 heteroatoms. The standard InChI is InChI=1S/C14H23NO2S/c1-9-6-11(10(2)18-9)12(15)7-14(3,4)8-13(16)17-5/h6,12H,7-8,15H2,1-5H3. The molecule has 0 aliphatic carbocycles. The number of thiophene rings is 1. The van der Waals surface area contributed by atoms with Gasteiger partial charge < -0.3 is 10.5 Å². The number of carbonyl (C=O) groups is 1. The van der Waals surface area contributed by atoms with Crippen molar-refractivity contribution < 1.29 is 9.53 Å². The molecule has 1 aromatic rings. The summed E-state index contributed by atoms with van der Waals surface area (Å²) in [6, 6.07) is 2.13. The maximum absolute atomic E-state index is 11.4. The zero-order valence-corrected chi connectivity index (χ0v) is 12.7. The van der Waals surface area contributed by atoms with Crippen LogP contribution < -0.4 is 5.73 Å². The predicted molar refractivity (Wildman–Crippen MR) is 75.8 cm³/mol. The molecule has 0 radical (unpaired) electrons. The summed E-state index contributed by atoms with van der Waals surface area (Å²) >= 11 is 1.77. The van der Waals surface area contributed by atoms with E-state index in [2.05, 4.69) is 33.8 Å². The molecule has 1 unspecified atom stereocenters. The molecule has 0 saturated heterocycles. The normalized spacial score (nSPS) is 13.4. The number of hydrogen-bond donors (Lipinski definition) is 1. The number of esters is 1. The number of carbonyl (C=O) groups excluding carboxylic acids is 1. The highest BCUT2D eigenvalue weighted by atomic mass is 32.1. The topological polar surface area (TPSA) is 52.3 Å². The van der Waals surface area contributed by atoms with Crippen LogP contribution in [0.3, 0.4) is 0 Å². The minimum atomic E-state index is -0.176. The van der Waals surface area contributed by atoms with Gasteiger partial charge in [-0.25, -0.2) is 0 Å². The summed E-state index contributed by atoms with van der Waals surface area (Å²) < 4.78 is 4.72. The Kier molecular flexibility index (Phi) is 4.93. The molecule has 2 N–H and O–H groups in total. The second-order valence-corrected chi connectivity index (χ2v) is 7.06. The van der Waals surface area contributed by atoms with Crippen LogP contribution in [0, 0.1) is 19.3 Å². The van der Waals surface area contributed by atoms with Crippen molar-refractivity contribution in [2.24, 2.45) is 11.1 Å². The third kappa shape index (κ3) is 4.10. The monoisotopic (exact) mass is 269 g/mol. The van der Waals surface area contributed by atoms with Crippen LogP contribution in [0.1, 0.15) is 48.0 Å². The molecule has 0 spiro atoms. The van der Waals surface area contributed by atoms with Crippen molar-refractivity contribution in [1.82, 2.24) is 0 Å². The molecule has 0 amide bonds. The summed E-state index contributed by atoms with van der Waals surface area (Å²) in [5, 5.41) is 0. The number of hydrogen-bond acceptors (Lipinski definition) is 4. The van der Waals surface area contributed by atoms with Gasteiger partial charge in [-0.1, -0.05) is 13.8 Å². The quantitative estimate of drug-likeness (QED) is 0.834. The van der Waals surface area contributed by atoms with E-state index in [0.717, 1.165) is 6.42 Å². The highest BCUT2D eigenvalue weighted by molar-refractivity contribution is 7.12. The molecule has 102 valence electrons. The van der Waals surface area contributed by atoms with Gasteiger partial charge in [-0.15, -0.1) is 11.3 Å². The summed E-state index contributed by atoms with van der Waals surface area (Å²) in [5.74, 6) is -0.176. The van der Waals surface area contributed by atoms with E-state index in [1.807, 2.05) is 0 Å². The molecule has 1 heterocycles. The predicted octanol–water partition coefficient (Wildman–Crippen LogP) is 3.34. The van der Waals surface area contributed by atoms with E-state index >= 15 is 0 Å². The molecule has 3 nitrogen and oxygen atoms in total. The van der Waals surface area contributed by atoms with E-state index in [1.54, 1.807) is 11.3 Å². The van der Waals surface area contributed by atoms with Gasteiger partial charge in [0, 0.05) is 15.8 Å². The second-order valence-electron chi connectivity index (χ2n) is 5.60. The van der Waals surface area contributed by atoms with E-state index in [9.17, 15) is 4.79 Å². The van der Waals surface area contributed by atoms with Gasteiger partial charge in [-0.2, -0.15) is 0 Å². The van der Waals surface area contributed by atoms with Crippen LogP contribution in [0.4, 0.5) is 0 Å². The van der Waals surface area contributed by atoms with Crippen molar-refractivity contribution in [3.05, 3.63) is 21.4 Å². The Bertz CT molecular complexity index is 423. The van der Waals surface area contributed by atoms with Gasteiger partial charge in [0.15, 0.2) is 0 Å². The van der Waals surface area contributed by atoms with Crippen LogP contribution in [-0.4, -0.2) is 13.1 Å². The molecule has 0 bridgehead atoms. The lowest BCUT2D eigenvalue weighted by molar-refractivity contribution is -0.143. The molecule has 0 saturated carbocycles. The first-order chi connectivity index (χ1) is 8.25. The van der Waals surface area contributed by atoms with Crippen molar-refractivity contribution in [1.29, 1.82) is 0 Å². The van der Waals surface area contributed by atoms with Gasteiger partial charge in [0.25, 0.3) is 0 Å². The first kappa shape index (κ1) is 15.2. The number of methoxy groups -OCH3 is 1. The van der Waals surface area contributed by atoms with Gasteiger partial charge in [0.2, 0.25) is 0 Å². The summed E-state index contributed by atoms with van der Waals surface area (Å²) in [6.07, 6.45) is 1.18. The van der Waals surface area contributed by atoms with E-state index < -0.39 is 0 Å². The lowest BCUT2D eigenvalue weighted by Crippen LogP contribution is -2.24.